The van der Waals surface area contributed by atoms with E-state index in [1.54, 1.807) is 19.2 Å². The van der Waals surface area contributed by atoms with Gasteiger partial charge in [-0.2, -0.15) is 5.10 Å². The topological polar surface area (TPSA) is 85.2 Å². The number of fused-ring (bicyclic) bond motifs is 1. The number of amides is 2. The third kappa shape index (κ3) is 3.99. The molecule has 1 aromatic carbocycles. The number of carbonyl (C=O) groups is 2. The molecule has 3 rings (SSSR count). The molecule has 0 bridgehead atoms. The average molecular weight is 342 g/mol. The minimum Gasteiger partial charge on any atom is -0.497 e. The first kappa shape index (κ1) is 17.0. The van der Waals surface area contributed by atoms with Crippen molar-refractivity contribution in [3.8, 4) is 5.75 Å². The van der Waals surface area contributed by atoms with Gasteiger partial charge in [0.25, 0.3) is 0 Å². The molecule has 1 aliphatic heterocycles. The summed E-state index contributed by atoms with van der Waals surface area (Å²) in [6.07, 6.45) is 4.69. The number of nitrogens with zero attached hydrogens (tertiary/aromatic N) is 2. The van der Waals surface area contributed by atoms with Crippen molar-refractivity contribution in [2.45, 2.75) is 32.2 Å². The van der Waals surface area contributed by atoms with Gasteiger partial charge in [-0.05, 0) is 42.7 Å². The van der Waals surface area contributed by atoms with Crippen LogP contribution in [0.4, 0.5) is 5.69 Å². The molecule has 7 nitrogen and oxygen atoms in total. The van der Waals surface area contributed by atoms with Crippen molar-refractivity contribution in [2.24, 2.45) is 0 Å². The SMILES string of the molecule is COc1ccc2c(c1)C(C(=O)NCCCn1cc(C)cn1)CC(=O)N2. The van der Waals surface area contributed by atoms with E-state index in [2.05, 4.69) is 15.7 Å². The maximum absolute atomic E-state index is 12.6. The van der Waals surface area contributed by atoms with E-state index in [9.17, 15) is 9.59 Å². The average Bonchev–Trinajstić information content (AvgIpc) is 3.02. The molecule has 2 heterocycles. The highest BCUT2D eigenvalue weighted by atomic mass is 16.5. The number of methoxy groups -OCH3 is 1. The number of hydrogen-bond acceptors (Lipinski definition) is 4. The van der Waals surface area contributed by atoms with Gasteiger partial charge < -0.3 is 15.4 Å². The van der Waals surface area contributed by atoms with Gasteiger partial charge in [0.1, 0.15) is 5.75 Å². The summed E-state index contributed by atoms with van der Waals surface area (Å²) in [4.78, 5) is 24.4. The predicted octanol–water partition coefficient (Wildman–Crippen LogP) is 1.83. The molecule has 0 fully saturated rings. The minimum atomic E-state index is -0.495. The predicted molar refractivity (Wildman–Crippen MR) is 93.6 cm³/mol. The number of benzene rings is 1. The zero-order valence-corrected chi connectivity index (χ0v) is 14.4. The van der Waals surface area contributed by atoms with Crippen LogP contribution in [0.5, 0.6) is 5.75 Å². The highest BCUT2D eigenvalue weighted by Crippen LogP contribution is 2.34. The Kier molecular flexibility index (Phi) is 5.02. The largest absolute Gasteiger partial charge is 0.497 e. The Hall–Kier alpha value is -2.83. The second kappa shape index (κ2) is 7.38. The molecule has 0 saturated heterocycles. The molecule has 0 saturated carbocycles. The quantitative estimate of drug-likeness (QED) is 0.785. The van der Waals surface area contributed by atoms with Gasteiger partial charge in [0, 0.05) is 31.4 Å². The molecule has 7 heteroatoms. The number of nitrogens with one attached hydrogen (secondary N) is 2. The summed E-state index contributed by atoms with van der Waals surface area (Å²) in [7, 11) is 1.58. The number of aromatic nitrogens is 2. The molecule has 2 N–H and O–H groups in total. The molecule has 0 aliphatic carbocycles. The maximum Gasteiger partial charge on any atom is 0.228 e. The first-order valence-electron chi connectivity index (χ1n) is 8.31. The Morgan fingerprint density at radius 3 is 3.04 bits per heavy atom. The van der Waals surface area contributed by atoms with Crippen LogP contribution in [0.2, 0.25) is 0 Å². The van der Waals surface area contributed by atoms with E-state index in [0.29, 0.717) is 18.0 Å². The van der Waals surface area contributed by atoms with Crippen molar-refractivity contribution < 1.29 is 14.3 Å². The maximum atomic E-state index is 12.6. The second-order valence-corrected chi connectivity index (χ2v) is 6.18. The number of ether oxygens (including phenoxy) is 1. The summed E-state index contributed by atoms with van der Waals surface area (Å²) in [5, 5.41) is 9.95. The van der Waals surface area contributed by atoms with Crippen molar-refractivity contribution in [1.29, 1.82) is 0 Å². The van der Waals surface area contributed by atoms with Gasteiger partial charge in [-0.15, -0.1) is 0 Å². The van der Waals surface area contributed by atoms with Gasteiger partial charge in [-0.3, -0.25) is 14.3 Å². The van der Waals surface area contributed by atoms with Gasteiger partial charge in [-0.1, -0.05) is 0 Å². The minimum absolute atomic E-state index is 0.138. The summed E-state index contributed by atoms with van der Waals surface area (Å²) >= 11 is 0. The monoisotopic (exact) mass is 342 g/mol. The van der Waals surface area contributed by atoms with Crippen LogP contribution in [0.25, 0.3) is 0 Å². The fraction of sp³-hybridized carbons (Fsp3) is 0.389. The third-order valence-corrected chi connectivity index (χ3v) is 4.24. The van der Waals surface area contributed by atoms with Crippen LogP contribution >= 0.6 is 0 Å². The molecule has 1 aromatic heterocycles. The van der Waals surface area contributed by atoms with E-state index < -0.39 is 5.92 Å². The standard InChI is InChI=1S/C18H22N4O3/c1-12-10-20-22(11-12)7-3-6-19-18(24)15-9-17(23)21-16-5-4-13(25-2)8-14(15)16/h4-5,8,10-11,15H,3,6-7,9H2,1-2H3,(H,19,24)(H,21,23). The number of aryl methyl sites for hydroxylation is 2. The fourth-order valence-corrected chi connectivity index (χ4v) is 2.97. The first-order chi connectivity index (χ1) is 12.1. The lowest BCUT2D eigenvalue weighted by atomic mass is 9.89. The molecule has 2 amide bonds. The van der Waals surface area contributed by atoms with E-state index in [-0.39, 0.29) is 18.2 Å². The van der Waals surface area contributed by atoms with Crippen LogP contribution in [0, 0.1) is 6.92 Å². The van der Waals surface area contributed by atoms with Crippen LogP contribution < -0.4 is 15.4 Å². The van der Waals surface area contributed by atoms with E-state index in [1.807, 2.05) is 30.1 Å². The smallest absolute Gasteiger partial charge is 0.228 e. The number of hydrogen-bond donors (Lipinski definition) is 2. The van der Waals surface area contributed by atoms with Crippen molar-refractivity contribution in [2.75, 3.05) is 19.0 Å². The number of rotatable bonds is 6. The Bertz CT molecular complexity index is 784. The van der Waals surface area contributed by atoms with Gasteiger partial charge in [0.05, 0.1) is 19.2 Å². The molecule has 1 unspecified atom stereocenters. The molecule has 0 spiro atoms. The van der Waals surface area contributed by atoms with Gasteiger partial charge in [0.2, 0.25) is 11.8 Å². The van der Waals surface area contributed by atoms with Crippen LogP contribution in [-0.4, -0.2) is 35.2 Å². The molecule has 1 aliphatic rings. The summed E-state index contributed by atoms with van der Waals surface area (Å²) in [6, 6.07) is 5.35. The van der Waals surface area contributed by atoms with Crippen LogP contribution in [0.15, 0.2) is 30.6 Å². The van der Waals surface area contributed by atoms with Crippen LogP contribution in [0.3, 0.4) is 0 Å². The first-order valence-corrected chi connectivity index (χ1v) is 8.31. The van der Waals surface area contributed by atoms with Crippen LogP contribution in [-0.2, 0) is 16.1 Å². The van der Waals surface area contributed by atoms with Crippen molar-refractivity contribution in [1.82, 2.24) is 15.1 Å². The fourth-order valence-electron chi connectivity index (χ4n) is 2.97. The molecule has 2 aromatic rings. The van der Waals surface area contributed by atoms with Crippen molar-refractivity contribution in [3.05, 3.63) is 41.7 Å². The molecule has 25 heavy (non-hydrogen) atoms. The van der Waals surface area contributed by atoms with E-state index in [1.165, 1.54) is 0 Å². The molecule has 0 radical (unpaired) electrons. The van der Waals surface area contributed by atoms with Crippen molar-refractivity contribution >= 4 is 17.5 Å². The lowest BCUT2D eigenvalue weighted by Crippen LogP contribution is -2.35. The lowest BCUT2D eigenvalue weighted by Gasteiger charge is -2.25. The normalized spacial score (nSPS) is 16.1. The second-order valence-electron chi connectivity index (χ2n) is 6.18. The third-order valence-electron chi connectivity index (χ3n) is 4.24. The van der Waals surface area contributed by atoms with E-state index in [0.717, 1.165) is 24.1 Å². The highest BCUT2D eigenvalue weighted by molar-refractivity contribution is 6.01. The Labute approximate surface area is 146 Å². The molecular weight excluding hydrogens is 320 g/mol. The number of carbonyl (C=O) groups excluding carboxylic acids is 2. The summed E-state index contributed by atoms with van der Waals surface area (Å²) < 4.78 is 7.09. The Morgan fingerprint density at radius 2 is 2.32 bits per heavy atom. The number of anilines is 1. The Morgan fingerprint density at radius 1 is 1.48 bits per heavy atom. The molecule has 1 atom stereocenters. The van der Waals surface area contributed by atoms with Gasteiger partial charge in [-0.25, -0.2) is 0 Å². The van der Waals surface area contributed by atoms with Crippen LogP contribution in [0.1, 0.15) is 29.9 Å². The van der Waals surface area contributed by atoms with E-state index in [4.69, 9.17) is 4.74 Å². The Balaban J connectivity index is 1.61. The highest BCUT2D eigenvalue weighted by Gasteiger charge is 2.30. The van der Waals surface area contributed by atoms with E-state index >= 15 is 0 Å². The summed E-state index contributed by atoms with van der Waals surface area (Å²) in [5.74, 6) is -0.113. The summed E-state index contributed by atoms with van der Waals surface area (Å²) in [5.41, 5.74) is 2.58. The molecule has 132 valence electrons. The zero-order chi connectivity index (χ0) is 17.8. The van der Waals surface area contributed by atoms with Gasteiger partial charge in [0.15, 0.2) is 0 Å². The van der Waals surface area contributed by atoms with Gasteiger partial charge >= 0.3 is 0 Å². The lowest BCUT2D eigenvalue weighted by molar-refractivity contribution is -0.126. The molecular formula is C18H22N4O3. The van der Waals surface area contributed by atoms with Crippen molar-refractivity contribution in [3.63, 3.8) is 0 Å². The zero-order valence-electron chi connectivity index (χ0n) is 14.4. The summed E-state index contributed by atoms with van der Waals surface area (Å²) in [6.45, 7) is 3.27.